The first-order valence-electron chi connectivity index (χ1n) is 5.66. The molecule has 1 atom stereocenters. The molecule has 0 fully saturated rings. The second-order valence-electron chi connectivity index (χ2n) is 4.29. The number of aromatic nitrogens is 2. The van der Waals surface area contributed by atoms with E-state index in [2.05, 4.69) is 30.7 Å². The van der Waals surface area contributed by atoms with Gasteiger partial charge in [0, 0.05) is 18.4 Å². The van der Waals surface area contributed by atoms with Gasteiger partial charge in [-0.15, -0.1) is 0 Å². The highest BCUT2D eigenvalue weighted by Gasteiger charge is 2.20. The fourth-order valence-corrected chi connectivity index (χ4v) is 1.75. The summed E-state index contributed by atoms with van der Waals surface area (Å²) in [4.78, 5) is 8.84. The predicted molar refractivity (Wildman–Crippen MR) is 65.1 cm³/mol. The maximum Gasteiger partial charge on any atom is 0.159 e. The lowest BCUT2D eigenvalue weighted by molar-refractivity contribution is 0.0574. The first-order valence-corrected chi connectivity index (χ1v) is 5.66. The largest absolute Gasteiger partial charge is 0.383 e. The van der Waals surface area contributed by atoms with Crippen LogP contribution >= 0.6 is 0 Å². The van der Waals surface area contributed by atoms with E-state index in [1.54, 1.807) is 7.11 Å². The Labute approximate surface area is 97.2 Å². The van der Waals surface area contributed by atoms with Crippen molar-refractivity contribution in [2.75, 3.05) is 12.8 Å². The summed E-state index contributed by atoms with van der Waals surface area (Å²) >= 11 is 0. The number of rotatable bonds is 4. The number of methoxy groups -OCH3 is 1. The van der Waals surface area contributed by atoms with Crippen molar-refractivity contribution < 1.29 is 4.74 Å². The number of nitrogens with zero attached hydrogens (tertiary/aromatic N) is 2. The Hall–Kier alpha value is -1.16. The van der Waals surface area contributed by atoms with Crippen molar-refractivity contribution in [1.29, 1.82) is 0 Å². The van der Waals surface area contributed by atoms with Gasteiger partial charge in [0.25, 0.3) is 0 Å². The molecule has 0 amide bonds. The van der Waals surface area contributed by atoms with Gasteiger partial charge >= 0.3 is 0 Å². The number of nitrogen functional groups attached to an aromatic ring is 1. The average Bonchev–Trinajstić information content (AvgIpc) is 2.23. The molecule has 0 bridgehead atoms. The van der Waals surface area contributed by atoms with Gasteiger partial charge in [0.15, 0.2) is 5.82 Å². The van der Waals surface area contributed by atoms with Crippen LogP contribution in [0.3, 0.4) is 0 Å². The van der Waals surface area contributed by atoms with E-state index >= 15 is 0 Å². The second kappa shape index (κ2) is 5.25. The molecule has 1 aromatic heterocycles. The van der Waals surface area contributed by atoms with Crippen LogP contribution in [0.2, 0.25) is 0 Å². The maximum absolute atomic E-state index is 5.88. The number of aryl methyl sites for hydroxylation is 1. The first kappa shape index (κ1) is 12.9. The van der Waals surface area contributed by atoms with E-state index in [1.165, 1.54) is 0 Å². The molecule has 1 rings (SSSR count). The smallest absolute Gasteiger partial charge is 0.159 e. The summed E-state index contributed by atoms with van der Waals surface area (Å²) in [5, 5.41) is 0. The van der Waals surface area contributed by atoms with Crippen molar-refractivity contribution in [2.24, 2.45) is 5.92 Å². The van der Waals surface area contributed by atoms with E-state index in [4.69, 9.17) is 10.5 Å². The summed E-state index contributed by atoms with van der Waals surface area (Å²) in [5.74, 6) is 1.58. The molecule has 0 aliphatic heterocycles. The predicted octanol–water partition coefficient (Wildman–Crippen LogP) is 2.27. The number of anilines is 1. The van der Waals surface area contributed by atoms with E-state index in [-0.39, 0.29) is 6.10 Å². The van der Waals surface area contributed by atoms with Crippen molar-refractivity contribution in [3.8, 4) is 0 Å². The van der Waals surface area contributed by atoms with Gasteiger partial charge in [-0.25, -0.2) is 9.97 Å². The van der Waals surface area contributed by atoms with Crippen molar-refractivity contribution in [3.63, 3.8) is 0 Å². The standard InChI is InChI=1S/C12H21N3O/c1-6-9-8(4)11(13)15-12(14-9)10(16-5)7(2)3/h7,10H,6H2,1-5H3,(H2,13,14,15). The van der Waals surface area contributed by atoms with Crippen LogP contribution in [-0.2, 0) is 11.2 Å². The van der Waals surface area contributed by atoms with E-state index in [9.17, 15) is 0 Å². The molecular formula is C12H21N3O. The van der Waals surface area contributed by atoms with E-state index in [1.807, 2.05) is 6.92 Å². The molecule has 1 heterocycles. The third kappa shape index (κ3) is 2.50. The van der Waals surface area contributed by atoms with Crippen molar-refractivity contribution in [2.45, 2.75) is 40.2 Å². The highest BCUT2D eigenvalue weighted by Crippen LogP contribution is 2.24. The fourth-order valence-electron chi connectivity index (χ4n) is 1.75. The van der Waals surface area contributed by atoms with Crippen LogP contribution in [0.5, 0.6) is 0 Å². The summed E-state index contributed by atoms with van der Waals surface area (Å²) in [6.07, 6.45) is 0.772. The third-order valence-electron chi connectivity index (χ3n) is 2.75. The molecular weight excluding hydrogens is 202 g/mol. The lowest BCUT2D eigenvalue weighted by Crippen LogP contribution is -2.16. The van der Waals surface area contributed by atoms with Crippen molar-refractivity contribution >= 4 is 5.82 Å². The van der Waals surface area contributed by atoms with Gasteiger partial charge in [-0.1, -0.05) is 20.8 Å². The topological polar surface area (TPSA) is 61.0 Å². The Balaban J connectivity index is 3.19. The Morgan fingerprint density at radius 3 is 2.38 bits per heavy atom. The van der Waals surface area contributed by atoms with Crippen LogP contribution in [0.1, 0.15) is 44.0 Å². The molecule has 0 aliphatic rings. The van der Waals surface area contributed by atoms with Gasteiger partial charge in [-0.3, -0.25) is 0 Å². The molecule has 4 nitrogen and oxygen atoms in total. The molecule has 90 valence electrons. The molecule has 2 N–H and O–H groups in total. The van der Waals surface area contributed by atoms with Gasteiger partial charge in [-0.2, -0.15) is 0 Å². The summed E-state index contributed by atoms with van der Waals surface area (Å²) in [7, 11) is 1.68. The van der Waals surface area contributed by atoms with Gasteiger partial charge in [0.05, 0.1) is 0 Å². The monoisotopic (exact) mass is 223 g/mol. The lowest BCUT2D eigenvalue weighted by Gasteiger charge is -2.19. The molecule has 0 aliphatic carbocycles. The normalized spacial score (nSPS) is 13.1. The minimum Gasteiger partial charge on any atom is -0.383 e. The van der Waals surface area contributed by atoms with Crippen LogP contribution in [0, 0.1) is 12.8 Å². The van der Waals surface area contributed by atoms with Crippen LogP contribution in [0.25, 0.3) is 0 Å². The van der Waals surface area contributed by atoms with Gasteiger partial charge in [0.2, 0.25) is 0 Å². The highest BCUT2D eigenvalue weighted by atomic mass is 16.5. The first-order chi connectivity index (χ1) is 7.51. The summed E-state index contributed by atoms with van der Waals surface area (Å²) < 4.78 is 5.41. The maximum atomic E-state index is 5.88. The van der Waals surface area contributed by atoms with Gasteiger partial charge in [0.1, 0.15) is 11.9 Å². The summed E-state index contributed by atoms with van der Waals surface area (Å²) in [6, 6.07) is 0. The summed E-state index contributed by atoms with van der Waals surface area (Å²) in [6.45, 7) is 8.18. The number of hydrogen-bond donors (Lipinski definition) is 1. The molecule has 0 radical (unpaired) electrons. The van der Waals surface area contributed by atoms with Gasteiger partial charge in [-0.05, 0) is 19.3 Å². The van der Waals surface area contributed by atoms with E-state index in [0.29, 0.717) is 17.6 Å². The minimum absolute atomic E-state index is 0.0896. The molecule has 1 unspecified atom stereocenters. The SMILES string of the molecule is CCc1nc(C(OC)C(C)C)nc(N)c1C. The summed E-state index contributed by atoms with van der Waals surface area (Å²) in [5.41, 5.74) is 7.86. The number of hydrogen-bond acceptors (Lipinski definition) is 4. The number of ether oxygens (including phenoxy) is 1. The quantitative estimate of drug-likeness (QED) is 0.850. The Bertz CT molecular complexity index is 364. The molecule has 16 heavy (non-hydrogen) atoms. The molecule has 0 saturated carbocycles. The van der Waals surface area contributed by atoms with Crippen LogP contribution in [0.4, 0.5) is 5.82 Å². The molecule has 4 heteroatoms. The van der Waals surface area contributed by atoms with Crippen LogP contribution in [-0.4, -0.2) is 17.1 Å². The molecule has 0 saturated heterocycles. The second-order valence-corrected chi connectivity index (χ2v) is 4.29. The van der Waals surface area contributed by atoms with E-state index in [0.717, 1.165) is 17.7 Å². The Morgan fingerprint density at radius 2 is 1.94 bits per heavy atom. The molecule has 1 aromatic rings. The average molecular weight is 223 g/mol. The lowest BCUT2D eigenvalue weighted by atomic mass is 10.1. The zero-order valence-electron chi connectivity index (χ0n) is 10.7. The highest BCUT2D eigenvalue weighted by molar-refractivity contribution is 5.41. The van der Waals surface area contributed by atoms with Crippen LogP contribution < -0.4 is 5.73 Å². The zero-order chi connectivity index (χ0) is 12.3. The third-order valence-corrected chi connectivity index (χ3v) is 2.75. The Morgan fingerprint density at radius 1 is 1.31 bits per heavy atom. The molecule has 0 spiro atoms. The van der Waals surface area contributed by atoms with Crippen LogP contribution in [0.15, 0.2) is 0 Å². The fraction of sp³-hybridized carbons (Fsp3) is 0.667. The van der Waals surface area contributed by atoms with E-state index < -0.39 is 0 Å². The zero-order valence-corrected chi connectivity index (χ0v) is 10.7. The minimum atomic E-state index is -0.0896. The van der Waals surface area contributed by atoms with Gasteiger partial charge < -0.3 is 10.5 Å². The van der Waals surface area contributed by atoms with Crippen molar-refractivity contribution in [3.05, 3.63) is 17.1 Å². The van der Waals surface area contributed by atoms with Crippen molar-refractivity contribution in [1.82, 2.24) is 9.97 Å². The molecule has 0 aromatic carbocycles. The Kier molecular flexibility index (Phi) is 4.24. The number of nitrogens with two attached hydrogens (primary N) is 1.